The smallest absolute Gasteiger partial charge is 0.119 e. The minimum Gasteiger partial charge on any atom is -0.494 e. The second-order valence-electron chi connectivity index (χ2n) is 4.46. The molecule has 0 spiro atoms. The van der Waals surface area contributed by atoms with Gasteiger partial charge >= 0.3 is 0 Å². The molecule has 1 heterocycles. The van der Waals surface area contributed by atoms with Crippen LogP contribution in [0.5, 0.6) is 5.75 Å². The highest BCUT2D eigenvalue weighted by Crippen LogP contribution is 2.16. The van der Waals surface area contributed by atoms with Crippen LogP contribution in [-0.2, 0) is 7.05 Å². The molecule has 102 valence electrons. The van der Waals surface area contributed by atoms with Crippen molar-refractivity contribution >= 4 is 0 Å². The van der Waals surface area contributed by atoms with Crippen molar-refractivity contribution in [3.63, 3.8) is 0 Å². The summed E-state index contributed by atoms with van der Waals surface area (Å²) >= 11 is 0. The Balaban J connectivity index is 1.89. The number of nitrogens with zero attached hydrogens (tertiary/aromatic N) is 3. The molecule has 0 radical (unpaired) electrons. The molecule has 6 heteroatoms. The van der Waals surface area contributed by atoms with Crippen LogP contribution in [0.25, 0.3) is 0 Å². The number of nitrogens with one attached hydrogen (secondary N) is 1. The van der Waals surface area contributed by atoms with Crippen molar-refractivity contribution in [1.82, 2.24) is 20.4 Å². The van der Waals surface area contributed by atoms with E-state index in [-0.39, 0.29) is 6.04 Å². The number of hydrogen-bond donors (Lipinski definition) is 2. The minimum atomic E-state index is -0.0233. The highest BCUT2D eigenvalue weighted by molar-refractivity contribution is 5.27. The molecule has 6 nitrogen and oxygen atoms in total. The Morgan fingerprint density at radius 2 is 2.32 bits per heavy atom. The largest absolute Gasteiger partial charge is 0.494 e. The average molecular weight is 261 g/mol. The van der Waals surface area contributed by atoms with Crippen LogP contribution in [0.1, 0.15) is 23.7 Å². The summed E-state index contributed by atoms with van der Waals surface area (Å²) in [5, 5.41) is 7.74. The number of ether oxygens (including phenoxy) is 1. The van der Waals surface area contributed by atoms with E-state index in [0.717, 1.165) is 17.9 Å². The van der Waals surface area contributed by atoms with Gasteiger partial charge in [0.05, 0.1) is 24.5 Å². The molecule has 0 aliphatic heterocycles. The first kappa shape index (κ1) is 13.5. The quantitative estimate of drug-likeness (QED) is 0.601. The molecule has 0 aliphatic carbocycles. The SMILES string of the molecule is Cc1cccc(OCCC(NN)c2cnnn2C)c1. The zero-order chi connectivity index (χ0) is 13.7. The van der Waals surface area contributed by atoms with E-state index in [9.17, 15) is 0 Å². The lowest BCUT2D eigenvalue weighted by atomic mass is 10.1. The fourth-order valence-electron chi connectivity index (χ4n) is 1.93. The van der Waals surface area contributed by atoms with E-state index in [1.165, 1.54) is 5.56 Å². The third-order valence-corrected chi connectivity index (χ3v) is 2.97. The van der Waals surface area contributed by atoms with E-state index < -0.39 is 0 Å². The molecule has 19 heavy (non-hydrogen) atoms. The summed E-state index contributed by atoms with van der Waals surface area (Å²) in [7, 11) is 1.84. The number of hydrogen-bond acceptors (Lipinski definition) is 5. The van der Waals surface area contributed by atoms with Crippen LogP contribution >= 0.6 is 0 Å². The number of hydrazine groups is 1. The summed E-state index contributed by atoms with van der Waals surface area (Å²) in [6, 6.07) is 7.96. The van der Waals surface area contributed by atoms with Gasteiger partial charge in [0.25, 0.3) is 0 Å². The Hall–Kier alpha value is -1.92. The van der Waals surface area contributed by atoms with Gasteiger partial charge in [-0.2, -0.15) is 0 Å². The van der Waals surface area contributed by atoms with Crippen molar-refractivity contribution < 1.29 is 4.74 Å². The van der Waals surface area contributed by atoms with E-state index in [1.54, 1.807) is 10.9 Å². The number of aryl methyl sites for hydroxylation is 2. The second kappa shape index (κ2) is 6.31. The molecule has 1 aromatic carbocycles. The Labute approximate surface area is 112 Å². The highest BCUT2D eigenvalue weighted by atomic mass is 16.5. The van der Waals surface area contributed by atoms with E-state index in [1.807, 2.05) is 38.2 Å². The number of benzene rings is 1. The van der Waals surface area contributed by atoms with Crippen LogP contribution in [0, 0.1) is 6.92 Å². The van der Waals surface area contributed by atoms with E-state index >= 15 is 0 Å². The van der Waals surface area contributed by atoms with E-state index in [0.29, 0.717) is 6.61 Å². The fraction of sp³-hybridized carbons (Fsp3) is 0.385. The minimum absolute atomic E-state index is 0.0233. The topological polar surface area (TPSA) is 78.0 Å². The van der Waals surface area contributed by atoms with Gasteiger partial charge in [-0.15, -0.1) is 5.10 Å². The Morgan fingerprint density at radius 1 is 1.47 bits per heavy atom. The molecule has 0 saturated heterocycles. The molecule has 0 bridgehead atoms. The van der Waals surface area contributed by atoms with Crippen molar-refractivity contribution in [2.24, 2.45) is 12.9 Å². The van der Waals surface area contributed by atoms with Crippen molar-refractivity contribution in [2.45, 2.75) is 19.4 Å². The molecule has 2 rings (SSSR count). The van der Waals surface area contributed by atoms with Gasteiger partial charge in [-0.3, -0.25) is 16.0 Å². The molecule has 3 N–H and O–H groups in total. The molecule has 0 amide bonds. The third kappa shape index (κ3) is 3.52. The van der Waals surface area contributed by atoms with Gasteiger partial charge in [0.2, 0.25) is 0 Å². The van der Waals surface area contributed by atoms with Crippen LogP contribution in [0.2, 0.25) is 0 Å². The molecular formula is C13H19N5O. The summed E-state index contributed by atoms with van der Waals surface area (Å²) in [6.07, 6.45) is 2.45. The lowest BCUT2D eigenvalue weighted by molar-refractivity contribution is 0.283. The van der Waals surface area contributed by atoms with E-state index in [2.05, 4.69) is 15.7 Å². The zero-order valence-corrected chi connectivity index (χ0v) is 11.2. The molecule has 2 aromatic rings. The molecular weight excluding hydrogens is 242 g/mol. The van der Waals surface area contributed by atoms with Gasteiger partial charge in [-0.25, -0.2) is 0 Å². The molecule has 1 atom stereocenters. The zero-order valence-electron chi connectivity index (χ0n) is 11.2. The molecule has 0 aliphatic rings. The highest BCUT2D eigenvalue weighted by Gasteiger charge is 2.14. The first-order chi connectivity index (χ1) is 9.20. The maximum atomic E-state index is 5.71. The van der Waals surface area contributed by atoms with E-state index in [4.69, 9.17) is 10.6 Å². The van der Waals surface area contributed by atoms with Crippen molar-refractivity contribution in [3.8, 4) is 5.75 Å². The number of aromatic nitrogens is 3. The van der Waals surface area contributed by atoms with Crippen LogP contribution in [-0.4, -0.2) is 21.6 Å². The summed E-state index contributed by atoms with van der Waals surface area (Å²) in [4.78, 5) is 0. The maximum absolute atomic E-state index is 5.71. The van der Waals surface area contributed by atoms with Crippen molar-refractivity contribution in [3.05, 3.63) is 41.7 Å². The lowest BCUT2D eigenvalue weighted by Gasteiger charge is -2.15. The summed E-state index contributed by atoms with van der Waals surface area (Å²) in [6.45, 7) is 2.61. The van der Waals surface area contributed by atoms with Crippen LogP contribution in [0.4, 0.5) is 0 Å². The fourth-order valence-corrected chi connectivity index (χ4v) is 1.93. The predicted octanol–water partition coefficient (Wildman–Crippen LogP) is 1.10. The Kier molecular flexibility index (Phi) is 4.48. The van der Waals surface area contributed by atoms with Crippen LogP contribution in [0.3, 0.4) is 0 Å². The first-order valence-corrected chi connectivity index (χ1v) is 6.21. The van der Waals surface area contributed by atoms with Gasteiger partial charge in [0, 0.05) is 13.5 Å². The predicted molar refractivity (Wildman–Crippen MR) is 72.4 cm³/mol. The van der Waals surface area contributed by atoms with Gasteiger partial charge in [0.15, 0.2) is 0 Å². The van der Waals surface area contributed by atoms with Crippen LogP contribution in [0.15, 0.2) is 30.5 Å². The number of rotatable bonds is 6. The van der Waals surface area contributed by atoms with Gasteiger partial charge in [-0.05, 0) is 24.6 Å². The van der Waals surface area contributed by atoms with Crippen molar-refractivity contribution in [1.29, 1.82) is 0 Å². The lowest BCUT2D eigenvalue weighted by Crippen LogP contribution is -2.30. The molecule has 0 fully saturated rings. The number of nitrogens with two attached hydrogens (primary N) is 1. The van der Waals surface area contributed by atoms with Gasteiger partial charge in [-0.1, -0.05) is 17.3 Å². The molecule has 0 saturated carbocycles. The van der Waals surface area contributed by atoms with Crippen LogP contribution < -0.4 is 16.0 Å². The van der Waals surface area contributed by atoms with Gasteiger partial charge in [0.1, 0.15) is 5.75 Å². The molecule has 1 unspecified atom stereocenters. The Morgan fingerprint density at radius 3 is 2.95 bits per heavy atom. The normalized spacial score (nSPS) is 12.4. The summed E-state index contributed by atoms with van der Waals surface area (Å²) < 4.78 is 7.42. The maximum Gasteiger partial charge on any atom is 0.119 e. The summed E-state index contributed by atoms with van der Waals surface area (Å²) in [5.41, 5.74) is 4.88. The van der Waals surface area contributed by atoms with Crippen molar-refractivity contribution in [2.75, 3.05) is 6.61 Å². The molecule has 1 aromatic heterocycles. The summed E-state index contributed by atoms with van der Waals surface area (Å²) in [5.74, 6) is 6.44. The second-order valence-corrected chi connectivity index (χ2v) is 4.46. The first-order valence-electron chi connectivity index (χ1n) is 6.21. The third-order valence-electron chi connectivity index (χ3n) is 2.97. The monoisotopic (exact) mass is 261 g/mol. The van der Waals surface area contributed by atoms with Gasteiger partial charge < -0.3 is 4.74 Å². The average Bonchev–Trinajstić information content (AvgIpc) is 2.81. The standard InChI is InChI=1S/C13H19N5O/c1-10-4-3-5-11(8-10)19-7-6-12(16-14)13-9-15-17-18(13)2/h3-5,8-9,12,16H,6-7,14H2,1-2H3. The Bertz CT molecular complexity index is 525.